The molecule has 0 aliphatic carbocycles. The fourth-order valence-corrected chi connectivity index (χ4v) is 2.49. The topological polar surface area (TPSA) is 58.1 Å². The summed E-state index contributed by atoms with van der Waals surface area (Å²) in [5.41, 5.74) is 0.942. The van der Waals surface area contributed by atoms with Crippen LogP contribution in [0.15, 0.2) is 12.4 Å². The average molecular weight is 276 g/mol. The van der Waals surface area contributed by atoms with E-state index < -0.39 is 0 Å². The van der Waals surface area contributed by atoms with Crippen LogP contribution < -0.4 is 10.2 Å². The maximum Gasteiger partial charge on any atom is 0.222 e. The lowest BCUT2D eigenvalue weighted by Gasteiger charge is -2.33. The number of aryl methyl sites for hydroxylation is 1. The summed E-state index contributed by atoms with van der Waals surface area (Å²) in [6.07, 6.45) is 5.89. The third kappa shape index (κ3) is 3.92. The first kappa shape index (κ1) is 14.8. The van der Waals surface area contributed by atoms with Crippen LogP contribution in [-0.2, 0) is 4.79 Å². The molecule has 2 rings (SSSR count). The summed E-state index contributed by atoms with van der Waals surface area (Å²) < 4.78 is 0. The van der Waals surface area contributed by atoms with E-state index in [1.54, 1.807) is 6.20 Å². The van der Waals surface area contributed by atoms with Gasteiger partial charge in [0.1, 0.15) is 5.82 Å². The molecule has 1 amide bonds. The highest BCUT2D eigenvalue weighted by atomic mass is 16.1. The lowest BCUT2D eigenvalue weighted by molar-refractivity contribution is -0.124. The molecule has 1 aromatic rings. The van der Waals surface area contributed by atoms with Gasteiger partial charge in [-0.25, -0.2) is 4.98 Å². The molecule has 0 spiro atoms. The van der Waals surface area contributed by atoms with Crippen molar-refractivity contribution in [3.63, 3.8) is 0 Å². The van der Waals surface area contributed by atoms with Crippen LogP contribution in [0.4, 0.5) is 5.82 Å². The van der Waals surface area contributed by atoms with Crippen molar-refractivity contribution in [1.82, 2.24) is 15.3 Å². The quantitative estimate of drug-likeness (QED) is 0.910. The number of hydrogen-bond donors (Lipinski definition) is 1. The lowest BCUT2D eigenvalue weighted by atomic mass is 9.98. The molecule has 1 aromatic heterocycles. The van der Waals surface area contributed by atoms with E-state index >= 15 is 0 Å². The maximum absolute atomic E-state index is 11.6. The van der Waals surface area contributed by atoms with Crippen molar-refractivity contribution >= 4 is 11.7 Å². The number of anilines is 1. The van der Waals surface area contributed by atoms with E-state index in [4.69, 9.17) is 0 Å². The SMILES string of the molecule is Cc1cncc(N2CCCC(CNC(=O)C(C)C)C2)n1. The Labute approximate surface area is 120 Å². The minimum Gasteiger partial charge on any atom is -0.356 e. The third-order valence-electron chi connectivity index (χ3n) is 3.67. The Balaban J connectivity index is 1.90. The number of hydrogen-bond acceptors (Lipinski definition) is 4. The zero-order valence-corrected chi connectivity index (χ0v) is 12.6. The summed E-state index contributed by atoms with van der Waals surface area (Å²) in [6.45, 7) is 8.52. The molecular weight excluding hydrogens is 252 g/mol. The van der Waals surface area contributed by atoms with Gasteiger partial charge < -0.3 is 10.2 Å². The number of nitrogens with one attached hydrogen (secondary N) is 1. The Kier molecular flexibility index (Phi) is 4.93. The van der Waals surface area contributed by atoms with Gasteiger partial charge in [-0.3, -0.25) is 9.78 Å². The Morgan fingerprint density at radius 3 is 3.00 bits per heavy atom. The second-order valence-electron chi connectivity index (χ2n) is 5.87. The number of rotatable bonds is 4. The highest BCUT2D eigenvalue weighted by Crippen LogP contribution is 2.20. The van der Waals surface area contributed by atoms with Gasteiger partial charge in [0.2, 0.25) is 5.91 Å². The average Bonchev–Trinajstić information content (AvgIpc) is 2.45. The van der Waals surface area contributed by atoms with Gasteiger partial charge in [0.25, 0.3) is 0 Å². The van der Waals surface area contributed by atoms with Crippen LogP contribution in [0.25, 0.3) is 0 Å². The normalized spacial score (nSPS) is 19.2. The van der Waals surface area contributed by atoms with Crippen molar-refractivity contribution in [1.29, 1.82) is 0 Å². The number of carbonyl (C=O) groups is 1. The van der Waals surface area contributed by atoms with Gasteiger partial charge in [0.15, 0.2) is 0 Å². The van der Waals surface area contributed by atoms with E-state index in [1.807, 2.05) is 27.0 Å². The van der Waals surface area contributed by atoms with E-state index in [9.17, 15) is 4.79 Å². The highest BCUT2D eigenvalue weighted by Gasteiger charge is 2.22. The number of carbonyl (C=O) groups excluding carboxylic acids is 1. The van der Waals surface area contributed by atoms with Crippen LogP contribution in [0, 0.1) is 18.8 Å². The molecule has 110 valence electrons. The van der Waals surface area contributed by atoms with Crippen molar-refractivity contribution in [2.75, 3.05) is 24.5 Å². The molecule has 5 nitrogen and oxygen atoms in total. The summed E-state index contributed by atoms with van der Waals surface area (Å²) >= 11 is 0. The standard InChI is InChI=1S/C15H24N4O/c1-11(2)15(20)17-8-13-5-4-6-19(10-13)14-9-16-7-12(3)18-14/h7,9,11,13H,4-6,8,10H2,1-3H3,(H,17,20). The largest absolute Gasteiger partial charge is 0.356 e. The van der Waals surface area contributed by atoms with Crippen LogP contribution in [0.3, 0.4) is 0 Å². The van der Waals surface area contributed by atoms with Gasteiger partial charge >= 0.3 is 0 Å². The predicted molar refractivity (Wildman–Crippen MR) is 79.6 cm³/mol. The molecular formula is C15H24N4O. The van der Waals surface area contributed by atoms with Crippen LogP contribution in [0.2, 0.25) is 0 Å². The van der Waals surface area contributed by atoms with Crippen LogP contribution >= 0.6 is 0 Å². The first-order chi connectivity index (χ1) is 9.56. The van der Waals surface area contributed by atoms with Crippen molar-refractivity contribution in [3.8, 4) is 0 Å². The van der Waals surface area contributed by atoms with E-state index in [0.29, 0.717) is 5.92 Å². The fourth-order valence-electron chi connectivity index (χ4n) is 2.49. The van der Waals surface area contributed by atoms with E-state index in [1.165, 1.54) is 0 Å². The van der Waals surface area contributed by atoms with Gasteiger partial charge in [-0.15, -0.1) is 0 Å². The van der Waals surface area contributed by atoms with Gasteiger partial charge in [-0.1, -0.05) is 13.8 Å². The Bertz CT molecular complexity index is 461. The summed E-state index contributed by atoms with van der Waals surface area (Å²) in [7, 11) is 0. The van der Waals surface area contributed by atoms with Gasteiger partial charge in [-0.2, -0.15) is 0 Å². The minimum atomic E-state index is 0.0531. The molecule has 0 bridgehead atoms. The number of amides is 1. The first-order valence-electron chi connectivity index (χ1n) is 7.37. The first-order valence-corrected chi connectivity index (χ1v) is 7.37. The molecule has 20 heavy (non-hydrogen) atoms. The molecule has 0 saturated carbocycles. The lowest BCUT2D eigenvalue weighted by Crippen LogP contribution is -2.42. The molecule has 0 radical (unpaired) electrons. The number of aromatic nitrogens is 2. The molecule has 2 heterocycles. The van der Waals surface area contributed by atoms with E-state index in [0.717, 1.165) is 44.0 Å². The minimum absolute atomic E-state index is 0.0531. The Morgan fingerprint density at radius 2 is 2.30 bits per heavy atom. The summed E-state index contributed by atoms with van der Waals surface area (Å²) in [6, 6.07) is 0. The number of piperidine rings is 1. The molecule has 0 aromatic carbocycles. The molecule has 5 heteroatoms. The monoisotopic (exact) mass is 276 g/mol. The van der Waals surface area contributed by atoms with E-state index in [2.05, 4.69) is 20.2 Å². The van der Waals surface area contributed by atoms with Gasteiger partial charge in [0, 0.05) is 31.7 Å². The molecule has 1 N–H and O–H groups in total. The molecule has 1 unspecified atom stereocenters. The summed E-state index contributed by atoms with van der Waals surface area (Å²) in [5.74, 6) is 1.63. The van der Waals surface area contributed by atoms with E-state index in [-0.39, 0.29) is 11.8 Å². The number of nitrogens with zero attached hydrogens (tertiary/aromatic N) is 3. The highest BCUT2D eigenvalue weighted by molar-refractivity contribution is 5.77. The third-order valence-corrected chi connectivity index (χ3v) is 3.67. The smallest absolute Gasteiger partial charge is 0.222 e. The molecule has 1 saturated heterocycles. The van der Waals surface area contributed by atoms with Crippen molar-refractivity contribution < 1.29 is 4.79 Å². The molecule has 1 atom stereocenters. The zero-order valence-electron chi connectivity index (χ0n) is 12.6. The van der Waals surface area contributed by atoms with Crippen molar-refractivity contribution in [3.05, 3.63) is 18.1 Å². The van der Waals surface area contributed by atoms with Gasteiger partial charge in [0.05, 0.1) is 11.9 Å². The van der Waals surface area contributed by atoms with Crippen molar-refractivity contribution in [2.45, 2.75) is 33.6 Å². The zero-order chi connectivity index (χ0) is 14.5. The maximum atomic E-state index is 11.6. The Hall–Kier alpha value is -1.65. The molecule has 1 fully saturated rings. The van der Waals surface area contributed by atoms with Crippen molar-refractivity contribution in [2.24, 2.45) is 11.8 Å². The Morgan fingerprint density at radius 1 is 1.50 bits per heavy atom. The van der Waals surface area contributed by atoms with Crippen LogP contribution in [0.1, 0.15) is 32.4 Å². The summed E-state index contributed by atoms with van der Waals surface area (Å²) in [4.78, 5) is 22.6. The predicted octanol–water partition coefficient (Wildman–Crippen LogP) is 1.77. The fraction of sp³-hybridized carbons (Fsp3) is 0.667. The second kappa shape index (κ2) is 6.68. The molecule has 1 aliphatic heterocycles. The van der Waals surface area contributed by atoms with Crippen LogP contribution in [0.5, 0.6) is 0 Å². The molecule has 1 aliphatic rings. The second-order valence-corrected chi connectivity index (χ2v) is 5.87. The van der Waals surface area contributed by atoms with Crippen LogP contribution in [-0.4, -0.2) is 35.5 Å². The summed E-state index contributed by atoms with van der Waals surface area (Å²) in [5, 5.41) is 3.03. The van der Waals surface area contributed by atoms with Gasteiger partial charge in [-0.05, 0) is 25.7 Å².